The number of carbonyl (C=O) groups is 2. The molecule has 150 valence electrons. The molecule has 6 nitrogen and oxygen atoms in total. The van der Waals surface area contributed by atoms with E-state index in [2.05, 4.69) is 5.32 Å². The van der Waals surface area contributed by atoms with Crippen molar-refractivity contribution in [3.05, 3.63) is 59.7 Å². The average molecular weight is 385 g/mol. The number of benzene rings is 2. The Morgan fingerprint density at radius 1 is 1.00 bits per heavy atom. The Balaban J connectivity index is 1.94. The quantitative estimate of drug-likeness (QED) is 0.668. The van der Waals surface area contributed by atoms with Gasteiger partial charge in [0.15, 0.2) is 17.6 Å². The summed E-state index contributed by atoms with van der Waals surface area (Å²) >= 11 is 0. The molecule has 0 saturated heterocycles. The minimum absolute atomic E-state index is 0.288. The van der Waals surface area contributed by atoms with E-state index in [1.54, 1.807) is 18.2 Å². The van der Waals surface area contributed by atoms with Gasteiger partial charge in [-0.2, -0.15) is 0 Å². The molecule has 0 saturated carbocycles. The highest BCUT2D eigenvalue weighted by molar-refractivity contribution is 5.92. The molecule has 0 aliphatic carbocycles. The maximum Gasteiger partial charge on any atom is 0.339 e. The van der Waals surface area contributed by atoms with Crippen molar-refractivity contribution in [2.75, 3.05) is 13.7 Å². The van der Waals surface area contributed by atoms with Crippen molar-refractivity contribution in [1.29, 1.82) is 0 Å². The number of nitrogens with one attached hydrogen (secondary N) is 1. The van der Waals surface area contributed by atoms with Crippen molar-refractivity contribution in [3.8, 4) is 11.5 Å². The maximum absolute atomic E-state index is 12.4. The summed E-state index contributed by atoms with van der Waals surface area (Å²) < 4.78 is 16.2. The largest absolute Gasteiger partial charge is 0.493 e. The van der Waals surface area contributed by atoms with Gasteiger partial charge in [-0.05, 0) is 36.6 Å². The summed E-state index contributed by atoms with van der Waals surface area (Å²) in [6.45, 7) is 6.54. The van der Waals surface area contributed by atoms with Gasteiger partial charge in [-0.15, -0.1) is 0 Å². The molecule has 0 spiro atoms. The van der Waals surface area contributed by atoms with Crippen LogP contribution in [0.25, 0.3) is 0 Å². The van der Waals surface area contributed by atoms with E-state index in [4.69, 9.17) is 14.2 Å². The Kier molecular flexibility index (Phi) is 7.87. The third kappa shape index (κ3) is 6.30. The summed E-state index contributed by atoms with van der Waals surface area (Å²) in [6.07, 6.45) is -0.918. The van der Waals surface area contributed by atoms with E-state index in [1.807, 2.05) is 44.2 Å². The number of hydrogen-bond donors (Lipinski definition) is 1. The summed E-state index contributed by atoms with van der Waals surface area (Å²) in [5.41, 5.74) is 1.26. The molecule has 0 heterocycles. The van der Waals surface area contributed by atoms with Crippen LogP contribution < -0.4 is 14.8 Å². The lowest BCUT2D eigenvalue weighted by atomic mass is 10.2. The molecule has 2 rings (SSSR count). The molecule has 1 atom stereocenters. The second kappa shape index (κ2) is 10.3. The van der Waals surface area contributed by atoms with E-state index >= 15 is 0 Å². The first-order chi connectivity index (χ1) is 13.4. The summed E-state index contributed by atoms with van der Waals surface area (Å²) in [5.74, 6) is 0.402. The number of carbonyl (C=O) groups excluding carboxylic acids is 2. The molecule has 1 N–H and O–H groups in total. The Morgan fingerprint density at radius 3 is 2.36 bits per heavy atom. The van der Waals surface area contributed by atoms with Crippen molar-refractivity contribution < 1.29 is 23.8 Å². The fraction of sp³-hybridized carbons (Fsp3) is 0.364. The molecule has 0 unspecified atom stereocenters. The van der Waals surface area contributed by atoms with Crippen LogP contribution in [0.3, 0.4) is 0 Å². The molecule has 6 heteroatoms. The standard InChI is InChI=1S/C22H27NO5/c1-15(2)14-27-19-11-10-18(12-20(19)26-4)22(25)28-16(3)21(24)23-13-17-8-6-5-7-9-17/h5-12,15-16H,13-14H2,1-4H3,(H,23,24)/t16-/m0/s1. The highest BCUT2D eigenvalue weighted by Crippen LogP contribution is 2.29. The highest BCUT2D eigenvalue weighted by atomic mass is 16.5. The first kappa shape index (κ1) is 21.3. The summed E-state index contributed by atoms with van der Waals surface area (Å²) in [7, 11) is 1.51. The third-order valence-electron chi connectivity index (χ3n) is 3.93. The van der Waals surface area contributed by atoms with Gasteiger partial charge in [0.2, 0.25) is 0 Å². The van der Waals surface area contributed by atoms with E-state index in [-0.39, 0.29) is 11.5 Å². The molecule has 2 aromatic rings. The molecule has 1 amide bonds. The lowest BCUT2D eigenvalue weighted by Crippen LogP contribution is -2.35. The van der Waals surface area contributed by atoms with E-state index in [1.165, 1.54) is 14.0 Å². The van der Waals surface area contributed by atoms with E-state index in [9.17, 15) is 9.59 Å². The van der Waals surface area contributed by atoms with Crippen molar-refractivity contribution >= 4 is 11.9 Å². The van der Waals surface area contributed by atoms with Crippen LogP contribution in [0.2, 0.25) is 0 Å². The van der Waals surface area contributed by atoms with Gasteiger partial charge in [-0.1, -0.05) is 44.2 Å². The average Bonchev–Trinajstić information content (AvgIpc) is 2.70. The summed E-state index contributed by atoms with van der Waals surface area (Å²) in [4.78, 5) is 24.6. The van der Waals surface area contributed by atoms with E-state index in [0.29, 0.717) is 30.6 Å². The lowest BCUT2D eigenvalue weighted by Gasteiger charge is -2.15. The van der Waals surface area contributed by atoms with Crippen LogP contribution in [-0.4, -0.2) is 31.7 Å². The number of esters is 1. The molecule has 0 aliphatic heterocycles. The monoisotopic (exact) mass is 385 g/mol. The van der Waals surface area contributed by atoms with Crippen molar-refractivity contribution in [2.24, 2.45) is 5.92 Å². The SMILES string of the molecule is COc1cc(C(=O)O[C@@H](C)C(=O)NCc2ccccc2)ccc1OCC(C)C. The Hall–Kier alpha value is -3.02. The van der Waals surface area contributed by atoms with Crippen molar-refractivity contribution in [1.82, 2.24) is 5.32 Å². The smallest absolute Gasteiger partial charge is 0.339 e. The summed E-state index contributed by atoms with van der Waals surface area (Å²) in [5, 5.41) is 2.75. The fourth-order valence-corrected chi connectivity index (χ4v) is 2.38. The second-order valence-electron chi connectivity index (χ2n) is 6.82. The number of methoxy groups -OCH3 is 1. The normalized spacial score (nSPS) is 11.6. The zero-order valence-corrected chi connectivity index (χ0v) is 16.7. The number of rotatable bonds is 9. The zero-order valence-electron chi connectivity index (χ0n) is 16.7. The van der Waals surface area contributed by atoms with Crippen LogP contribution in [0.5, 0.6) is 11.5 Å². The molecule has 0 radical (unpaired) electrons. The predicted octanol–water partition coefficient (Wildman–Crippen LogP) is 3.59. The topological polar surface area (TPSA) is 73.9 Å². The van der Waals surface area contributed by atoms with Gasteiger partial charge in [-0.25, -0.2) is 4.79 Å². The second-order valence-corrected chi connectivity index (χ2v) is 6.82. The predicted molar refractivity (Wildman–Crippen MR) is 106 cm³/mol. The molecule has 2 aromatic carbocycles. The van der Waals surface area contributed by atoms with E-state index in [0.717, 1.165) is 5.56 Å². The van der Waals surface area contributed by atoms with Gasteiger partial charge in [-0.3, -0.25) is 4.79 Å². The first-order valence-electron chi connectivity index (χ1n) is 9.24. The van der Waals surface area contributed by atoms with Gasteiger partial charge in [0.1, 0.15) is 0 Å². The zero-order chi connectivity index (χ0) is 20.5. The summed E-state index contributed by atoms with van der Waals surface area (Å²) in [6, 6.07) is 14.3. The number of amides is 1. The number of ether oxygens (including phenoxy) is 3. The van der Waals surface area contributed by atoms with Crippen LogP contribution in [0.1, 0.15) is 36.7 Å². The van der Waals surface area contributed by atoms with Crippen LogP contribution in [0.4, 0.5) is 0 Å². The van der Waals surface area contributed by atoms with Gasteiger partial charge in [0, 0.05) is 6.54 Å². The number of hydrogen-bond acceptors (Lipinski definition) is 5. The highest BCUT2D eigenvalue weighted by Gasteiger charge is 2.20. The van der Waals surface area contributed by atoms with E-state index < -0.39 is 12.1 Å². The molecular formula is C22H27NO5. The molecule has 0 fully saturated rings. The maximum atomic E-state index is 12.4. The van der Waals surface area contributed by atoms with Crippen LogP contribution >= 0.6 is 0 Å². The van der Waals surface area contributed by atoms with Gasteiger partial charge in [0.25, 0.3) is 5.91 Å². The molecule has 0 bridgehead atoms. The van der Waals surface area contributed by atoms with Gasteiger partial charge in [0.05, 0.1) is 19.3 Å². The first-order valence-corrected chi connectivity index (χ1v) is 9.24. The minimum atomic E-state index is -0.918. The lowest BCUT2D eigenvalue weighted by molar-refractivity contribution is -0.129. The Morgan fingerprint density at radius 2 is 1.71 bits per heavy atom. The molecule has 0 aromatic heterocycles. The van der Waals surface area contributed by atoms with Crippen LogP contribution in [-0.2, 0) is 16.1 Å². The minimum Gasteiger partial charge on any atom is -0.493 e. The molecule has 0 aliphatic rings. The Labute approximate surface area is 165 Å². The van der Waals surface area contributed by atoms with Crippen molar-refractivity contribution in [3.63, 3.8) is 0 Å². The van der Waals surface area contributed by atoms with Crippen LogP contribution in [0, 0.1) is 5.92 Å². The van der Waals surface area contributed by atoms with Crippen molar-refractivity contribution in [2.45, 2.75) is 33.4 Å². The molecule has 28 heavy (non-hydrogen) atoms. The molecular weight excluding hydrogens is 358 g/mol. The fourth-order valence-electron chi connectivity index (χ4n) is 2.38. The van der Waals surface area contributed by atoms with Crippen LogP contribution in [0.15, 0.2) is 48.5 Å². The van der Waals surface area contributed by atoms with Gasteiger partial charge >= 0.3 is 5.97 Å². The third-order valence-corrected chi connectivity index (χ3v) is 3.93. The van der Waals surface area contributed by atoms with Gasteiger partial charge < -0.3 is 19.5 Å². The Bertz CT molecular complexity index is 789.